The van der Waals surface area contributed by atoms with Gasteiger partial charge in [-0.05, 0) is 68.6 Å². The Bertz CT molecular complexity index is 1330. The standard InChI is InChI=1S/C31H35N7O2/c1-22-5-9-24(10-6-22)26-20-28(26)33-13-2-4-27(36-29(39)25-11-7-23(21-32)8-12-25)30(40)37-16-18-38(19-17-37)31-34-14-3-15-35-31/h3,5-12,14-15,26-28,33H,2,4,13,16-20H2,1H3,(H,36,39)/t26-,27-,28+/m0/s1. The smallest absolute Gasteiger partial charge is 0.251 e. The van der Waals surface area contributed by atoms with Crippen molar-refractivity contribution in [3.8, 4) is 6.07 Å². The maximum Gasteiger partial charge on any atom is 0.251 e. The first-order chi connectivity index (χ1) is 19.5. The van der Waals surface area contributed by atoms with Crippen molar-refractivity contribution >= 4 is 17.8 Å². The van der Waals surface area contributed by atoms with Crippen LogP contribution < -0.4 is 15.5 Å². The van der Waals surface area contributed by atoms with Crippen LogP contribution in [-0.4, -0.2) is 71.5 Å². The fraction of sp³-hybridized carbons (Fsp3) is 0.387. The molecule has 1 aliphatic carbocycles. The first-order valence-electron chi connectivity index (χ1n) is 13.9. The van der Waals surface area contributed by atoms with Crippen LogP contribution in [0.5, 0.6) is 0 Å². The van der Waals surface area contributed by atoms with Crippen LogP contribution >= 0.6 is 0 Å². The van der Waals surface area contributed by atoms with Crippen molar-refractivity contribution in [3.05, 3.63) is 89.2 Å². The van der Waals surface area contributed by atoms with Gasteiger partial charge in [0.1, 0.15) is 6.04 Å². The van der Waals surface area contributed by atoms with Gasteiger partial charge < -0.3 is 20.4 Å². The number of anilines is 1. The molecule has 2 amide bonds. The Morgan fingerprint density at radius 1 is 1.02 bits per heavy atom. The molecule has 2 aliphatic rings. The topological polar surface area (TPSA) is 114 Å². The molecule has 0 spiro atoms. The molecule has 1 saturated carbocycles. The molecule has 206 valence electrons. The third-order valence-corrected chi connectivity index (χ3v) is 7.68. The summed E-state index contributed by atoms with van der Waals surface area (Å²) < 4.78 is 0. The normalized spacial score (nSPS) is 19.0. The molecule has 2 heterocycles. The summed E-state index contributed by atoms with van der Waals surface area (Å²) in [6, 6.07) is 18.9. The molecular weight excluding hydrogens is 502 g/mol. The van der Waals surface area contributed by atoms with E-state index in [0.717, 1.165) is 19.4 Å². The summed E-state index contributed by atoms with van der Waals surface area (Å²) in [6.07, 6.45) is 5.85. The number of rotatable bonds is 10. The molecule has 3 atom stereocenters. The van der Waals surface area contributed by atoms with Gasteiger partial charge in [-0.25, -0.2) is 9.97 Å². The molecule has 5 rings (SSSR count). The Morgan fingerprint density at radius 2 is 1.73 bits per heavy atom. The summed E-state index contributed by atoms with van der Waals surface area (Å²) in [7, 11) is 0. The van der Waals surface area contributed by atoms with Gasteiger partial charge in [0.25, 0.3) is 5.91 Å². The minimum Gasteiger partial charge on any atom is -0.340 e. The van der Waals surface area contributed by atoms with Crippen LogP contribution in [-0.2, 0) is 4.79 Å². The van der Waals surface area contributed by atoms with Crippen molar-refractivity contribution in [2.24, 2.45) is 0 Å². The summed E-state index contributed by atoms with van der Waals surface area (Å²) in [4.78, 5) is 39.2. The molecular formula is C31H35N7O2. The van der Waals surface area contributed by atoms with E-state index < -0.39 is 6.04 Å². The average molecular weight is 538 g/mol. The van der Waals surface area contributed by atoms with E-state index in [4.69, 9.17) is 5.26 Å². The quantitative estimate of drug-likeness (QED) is 0.382. The lowest BCUT2D eigenvalue weighted by atomic mass is 10.1. The molecule has 0 unspecified atom stereocenters. The van der Waals surface area contributed by atoms with E-state index in [9.17, 15) is 9.59 Å². The lowest BCUT2D eigenvalue weighted by molar-refractivity contribution is -0.133. The number of nitrogens with zero attached hydrogens (tertiary/aromatic N) is 5. The predicted molar refractivity (Wildman–Crippen MR) is 153 cm³/mol. The Balaban J connectivity index is 1.17. The SMILES string of the molecule is Cc1ccc([C@@H]2C[C@H]2NCCC[C@H](NC(=O)c2ccc(C#N)cc2)C(=O)N2CCN(c3ncccn3)CC2)cc1. The largest absolute Gasteiger partial charge is 0.340 e. The van der Waals surface area contributed by atoms with Gasteiger partial charge in [-0.2, -0.15) is 5.26 Å². The monoisotopic (exact) mass is 537 g/mol. The van der Waals surface area contributed by atoms with Crippen LogP contribution in [0.1, 0.15) is 52.2 Å². The highest BCUT2D eigenvalue weighted by atomic mass is 16.2. The molecule has 3 aromatic rings. The van der Waals surface area contributed by atoms with Crippen LogP contribution in [0.25, 0.3) is 0 Å². The van der Waals surface area contributed by atoms with Crippen molar-refractivity contribution in [3.63, 3.8) is 0 Å². The highest BCUT2D eigenvalue weighted by molar-refractivity contribution is 5.97. The van der Waals surface area contributed by atoms with Crippen LogP contribution in [0.15, 0.2) is 67.0 Å². The number of nitriles is 1. The summed E-state index contributed by atoms with van der Waals surface area (Å²) in [5.74, 6) is 0.822. The maximum atomic E-state index is 13.6. The van der Waals surface area contributed by atoms with Crippen molar-refractivity contribution in [2.45, 2.75) is 44.2 Å². The van der Waals surface area contributed by atoms with Gasteiger partial charge >= 0.3 is 0 Å². The van der Waals surface area contributed by atoms with Gasteiger partial charge in [-0.3, -0.25) is 9.59 Å². The second kappa shape index (κ2) is 12.7. The molecule has 1 aromatic heterocycles. The molecule has 2 N–H and O–H groups in total. The number of amides is 2. The van der Waals surface area contributed by atoms with E-state index in [1.165, 1.54) is 11.1 Å². The second-order valence-corrected chi connectivity index (χ2v) is 10.5. The van der Waals surface area contributed by atoms with Crippen LogP contribution in [0.4, 0.5) is 5.95 Å². The van der Waals surface area contributed by atoms with Crippen molar-refractivity contribution in [2.75, 3.05) is 37.6 Å². The Hall–Kier alpha value is -4.29. The van der Waals surface area contributed by atoms with E-state index in [1.54, 1.807) is 42.7 Å². The summed E-state index contributed by atoms with van der Waals surface area (Å²) in [5, 5.41) is 15.7. The van der Waals surface area contributed by atoms with Crippen molar-refractivity contribution in [1.82, 2.24) is 25.5 Å². The molecule has 1 aliphatic heterocycles. The van der Waals surface area contributed by atoms with Crippen LogP contribution in [0.3, 0.4) is 0 Å². The molecule has 2 fully saturated rings. The van der Waals surface area contributed by atoms with E-state index in [1.807, 2.05) is 4.90 Å². The van der Waals surface area contributed by atoms with Crippen molar-refractivity contribution in [1.29, 1.82) is 5.26 Å². The number of piperazine rings is 1. The van der Waals surface area contributed by atoms with E-state index in [0.29, 0.717) is 61.6 Å². The van der Waals surface area contributed by atoms with Gasteiger partial charge in [0, 0.05) is 56.1 Å². The van der Waals surface area contributed by atoms with Gasteiger partial charge in [-0.1, -0.05) is 29.8 Å². The zero-order valence-corrected chi connectivity index (χ0v) is 22.8. The molecule has 40 heavy (non-hydrogen) atoms. The van der Waals surface area contributed by atoms with Crippen molar-refractivity contribution < 1.29 is 9.59 Å². The molecule has 0 bridgehead atoms. The van der Waals surface area contributed by atoms with Crippen LogP contribution in [0, 0.1) is 18.3 Å². The average Bonchev–Trinajstić information content (AvgIpc) is 3.78. The fourth-order valence-corrected chi connectivity index (χ4v) is 5.19. The van der Waals surface area contributed by atoms with E-state index in [2.05, 4.69) is 62.8 Å². The molecule has 9 heteroatoms. The number of hydrogen-bond acceptors (Lipinski definition) is 7. The minimum absolute atomic E-state index is 0.0698. The minimum atomic E-state index is -0.628. The number of nitrogens with one attached hydrogen (secondary N) is 2. The third-order valence-electron chi connectivity index (χ3n) is 7.68. The van der Waals surface area contributed by atoms with Gasteiger partial charge in [0.2, 0.25) is 11.9 Å². The van der Waals surface area contributed by atoms with Crippen LogP contribution in [0.2, 0.25) is 0 Å². The number of aryl methyl sites for hydroxylation is 1. The maximum absolute atomic E-state index is 13.6. The molecule has 9 nitrogen and oxygen atoms in total. The van der Waals surface area contributed by atoms with Gasteiger partial charge in [-0.15, -0.1) is 0 Å². The number of hydrogen-bond donors (Lipinski definition) is 2. The zero-order valence-electron chi connectivity index (χ0n) is 22.8. The highest BCUT2D eigenvalue weighted by Gasteiger charge is 2.37. The molecule has 0 radical (unpaired) electrons. The Labute approximate surface area is 235 Å². The predicted octanol–water partition coefficient (Wildman–Crippen LogP) is 3.03. The first-order valence-corrected chi connectivity index (χ1v) is 13.9. The van der Waals surface area contributed by atoms with Gasteiger partial charge in [0.05, 0.1) is 11.6 Å². The number of carbonyl (C=O) groups excluding carboxylic acids is 2. The number of aromatic nitrogens is 2. The number of carbonyl (C=O) groups is 2. The lowest BCUT2D eigenvalue weighted by Gasteiger charge is -2.36. The van der Waals surface area contributed by atoms with E-state index in [-0.39, 0.29) is 11.8 Å². The third kappa shape index (κ3) is 6.82. The highest BCUT2D eigenvalue weighted by Crippen LogP contribution is 2.40. The summed E-state index contributed by atoms with van der Waals surface area (Å²) >= 11 is 0. The fourth-order valence-electron chi connectivity index (χ4n) is 5.19. The zero-order chi connectivity index (χ0) is 27.9. The lowest BCUT2D eigenvalue weighted by Crippen LogP contribution is -2.55. The molecule has 1 saturated heterocycles. The van der Waals surface area contributed by atoms with Gasteiger partial charge in [0.15, 0.2) is 0 Å². The number of benzene rings is 2. The summed E-state index contributed by atoms with van der Waals surface area (Å²) in [5.41, 5.74) is 3.55. The first kappa shape index (κ1) is 27.3. The molecule has 2 aromatic carbocycles. The second-order valence-electron chi connectivity index (χ2n) is 10.5. The Morgan fingerprint density at radius 3 is 2.40 bits per heavy atom. The Kier molecular flexibility index (Phi) is 8.67. The van der Waals surface area contributed by atoms with E-state index >= 15 is 0 Å². The summed E-state index contributed by atoms with van der Waals surface area (Å²) in [6.45, 7) is 5.23.